The topological polar surface area (TPSA) is 0 Å². The monoisotopic (exact) mass is 240 g/mol. The molecular weight excluding hydrogens is 232 g/mol. The highest BCUT2D eigenvalue weighted by atomic mass is 79.9. The highest BCUT2D eigenvalue weighted by Gasteiger charge is 2.07. The van der Waals surface area contributed by atoms with Crippen molar-refractivity contribution in [3.05, 3.63) is 12.2 Å². The Kier molecular flexibility index (Phi) is 4.00. The number of hydrogen-bond acceptors (Lipinski definition) is 0. The van der Waals surface area contributed by atoms with Crippen LogP contribution in [0, 0.1) is 0 Å². The van der Waals surface area contributed by atoms with Crippen LogP contribution in [0.5, 0.6) is 0 Å². The van der Waals surface area contributed by atoms with Crippen molar-refractivity contribution in [3.8, 4) is 0 Å². The van der Waals surface area contributed by atoms with E-state index in [0.717, 1.165) is 6.42 Å². The van der Waals surface area contributed by atoms with Gasteiger partial charge in [-0.1, -0.05) is 50.9 Å². The van der Waals surface area contributed by atoms with E-state index in [-0.39, 0.29) is 3.23 Å². The van der Waals surface area contributed by atoms with Gasteiger partial charge in [0, 0.05) is 0 Å². The second-order valence-electron chi connectivity index (χ2n) is 1.77. The Bertz CT molecular complexity index is 79.0. The third-order valence-electron chi connectivity index (χ3n) is 0.646. The summed E-state index contributed by atoms with van der Waals surface area (Å²) >= 11 is 6.82. The standard InChI is InChI=1S/C6H10Br2/c1-3-4-5-6(2,7)8/h4-5H,3H2,1-2H3/b5-4-. The van der Waals surface area contributed by atoms with E-state index < -0.39 is 0 Å². The first-order chi connectivity index (χ1) is 3.56. The molecule has 0 saturated heterocycles. The zero-order valence-corrected chi connectivity index (χ0v) is 8.29. The minimum Gasteiger partial charge on any atom is -0.0866 e. The second kappa shape index (κ2) is 3.67. The Morgan fingerprint density at radius 2 is 2.00 bits per heavy atom. The molecule has 0 aromatic carbocycles. The second-order valence-corrected chi connectivity index (χ2v) is 6.13. The van der Waals surface area contributed by atoms with Gasteiger partial charge < -0.3 is 0 Å². The Labute approximate surface area is 67.6 Å². The summed E-state index contributed by atoms with van der Waals surface area (Å²) in [5.41, 5.74) is 0. The van der Waals surface area contributed by atoms with Crippen molar-refractivity contribution in [2.24, 2.45) is 0 Å². The average molecular weight is 242 g/mol. The molecule has 0 N–H and O–H groups in total. The molecule has 0 radical (unpaired) electrons. The fourth-order valence-corrected chi connectivity index (χ4v) is 0.699. The average Bonchev–Trinajstić information content (AvgIpc) is 1.59. The van der Waals surface area contributed by atoms with E-state index in [0.29, 0.717) is 0 Å². The van der Waals surface area contributed by atoms with Gasteiger partial charge in [0.1, 0.15) is 0 Å². The predicted molar refractivity (Wildman–Crippen MR) is 45.7 cm³/mol. The maximum absolute atomic E-state index is 3.41. The van der Waals surface area contributed by atoms with Crippen molar-refractivity contribution in [1.29, 1.82) is 0 Å². The molecule has 0 aliphatic carbocycles. The molecular formula is C6H10Br2. The van der Waals surface area contributed by atoms with Crippen LogP contribution >= 0.6 is 31.9 Å². The lowest BCUT2D eigenvalue weighted by Crippen LogP contribution is -1.96. The number of hydrogen-bond donors (Lipinski definition) is 0. The van der Waals surface area contributed by atoms with Crippen molar-refractivity contribution < 1.29 is 0 Å². The molecule has 0 bridgehead atoms. The van der Waals surface area contributed by atoms with Crippen LogP contribution in [0.3, 0.4) is 0 Å². The van der Waals surface area contributed by atoms with Gasteiger partial charge in [-0.2, -0.15) is 0 Å². The number of allylic oxidation sites excluding steroid dienone is 2. The van der Waals surface area contributed by atoms with Crippen molar-refractivity contribution in [3.63, 3.8) is 0 Å². The molecule has 0 heterocycles. The molecule has 2 heteroatoms. The first kappa shape index (κ1) is 8.70. The van der Waals surface area contributed by atoms with Crippen LogP contribution in [0.2, 0.25) is 0 Å². The first-order valence-electron chi connectivity index (χ1n) is 2.62. The summed E-state index contributed by atoms with van der Waals surface area (Å²) < 4.78 is -0.00396. The summed E-state index contributed by atoms with van der Waals surface area (Å²) in [6, 6.07) is 0. The molecule has 0 aliphatic heterocycles. The predicted octanol–water partition coefficient (Wildman–Crippen LogP) is 3.46. The van der Waals surface area contributed by atoms with Crippen LogP contribution < -0.4 is 0 Å². The zero-order chi connectivity index (χ0) is 6.62. The normalized spacial score (nSPS) is 13.0. The van der Waals surface area contributed by atoms with E-state index in [1.165, 1.54) is 0 Å². The minimum absolute atomic E-state index is 0.00396. The quantitative estimate of drug-likeness (QED) is 0.513. The Hall–Kier alpha value is 0.700. The van der Waals surface area contributed by atoms with Crippen molar-refractivity contribution in [2.45, 2.75) is 23.5 Å². The zero-order valence-electron chi connectivity index (χ0n) is 5.12. The van der Waals surface area contributed by atoms with Crippen molar-refractivity contribution >= 4 is 31.9 Å². The van der Waals surface area contributed by atoms with Crippen LogP contribution in [0.4, 0.5) is 0 Å². The van der Waals surface area contributed by atoms with Crippen LogP contribution in [0.15, 0.2) is 12.2 Å². The molecule has 0 fully saturated rings. The van der Waals surface area contributed by atoms with Crippen LogP contribution in [-0.4, -0.2) is 3.23 Å². The number of rotatable bonds is 2. The first-order valence-corrected chi connectivity index (χ1v) is 4.20. The molecule has 0 saturated carbocycles. The molecule has 0 spiro atoms. The van der Waals surface area contributed by atoms with Gasteiger partial charge >= 0.3 is 0 Å². The van der Waals surface area contributed by atoms with Crippen LogP contribution in [-0.2, 0) is 0 Å². The van der Waals surface area contributed by atoms with E-state index in [1.807, 2.05) is 6.92 Å². The Morgan fingerprint density at radius 3 is 2.12 bits per heavy atom. The lowest BCUT2D eigenvalue weighted by atomic mass is 10.3. The van der Waals surface area contributed by atoms with Gasteiger partial charge in [0.05, 0.1) is 3.23 Å². The SMILES string of the molecule is CC/C=C\C(C)(Br)Br. The molecule has 0 aliphatic rings. The van der Waals surface area contributed by atoms with Crippen LogP contribution in [0.1, 0.15) is 20.3 Å². The molecule has 0 atom stereocenters. The van der Waals surface area contributed by atoms with E-state index in [4.69, 9.17) is 0 Å². The Balaban J connectivity index is 3.52. The summed E-state index contributed by atoms with van der Waals surface area (Å²) in [5, 5.41) is 0. The van der Waals surface area contributed by atoms with E-state index in [9.17, 15) is 0 Å². The molecule has 0 nitrogen and oxygen atoms in total. The summed E-state index contributed by atoms with van der Waals surface area (Å²) in [6.45, 7) is 4.15. The van der Waals surface area contributed by atoms with Crippen molar-refractivity contribution in [1.82, 2.24) is 0 Å². The highest BCUT2D eigenvalue weighted by Crippen LogP contribution is 2.26. The largest absolute Gasteiger partial charge is 0.0956 e. The molecule has 0 rings (SSSR count). The van der Waals surface area contributed by atoms with Gasteiger partial charge in [0.25, 0.3) is 0 Å². The van der Waals surface area contributed by atoms with Crippen LogP contribution in [0.25, 0.3) is 0 Å². The molecule has 0 unspecified atom stereocenters. The van der Waals surface area contributed by atoms with Gasteiger partial charge in [-0.25, -0.2) is 0 Å². The van der Waals surface area contributed by atoms with E-state index in [2.05, 4.69) is 50.9 Å². The van der Waals surface area contributed by atoms with Crippen molar-refractivity contribution in [2.75, 3.05) is 0 Å². The minimum atomic E-state index is -0.00396. The fraction of sp³-hybridized carbons (Fsp3) is 0.667. The number of halogens is 2. The maximum atomic E-state index is 3.41. The summed E-state index contributed by atoms with van der Waals surface area (Å²) in [5.74, 6) is 0. The Morgan fingerprint density at radius 1 is 1.50 bits per heavy atom. The molecule has 0 amide bonds. The molecule has 8 heavy (non-hydrogen) atoms. The lowest BCUT2D eigenvalue weighted by molar-refractivity contribution is 1.15. The van der Waals surface area contributed by atoms with Gasteiger partial charge in [-0.15, -0.1) is 0 Å². The smallest absolute Gasteiger partial charge is 0.0866 e. The van der Waals surface area contributed by atoms with Gasteiger partial charge in [0.2, 0.25) is 0 Å². The van der Waals surface area contributed by atoms with Gasteiger partial charge in [-0.3, -0.25) is 0 Å². The maximum Gasteiger partial charge on any atom is 0.0956 e. The summed E-state index contributed by atoms with van der Waals surface area (Å²) in [6.07, 6.45) is 5.28. The fourth-order valence-electron chi connectivity index (χ4n) is 0.325. The highest BCUT2D eigenvalue weighted by molar-refractivity contribution is 9.25. The van der Waals surface area contributed by atoms with Gasteiger partial charge in [-0.05, 0) is 13.3 Å². The van der Waals surface area contributed by atoms with E-state index in [1.54, 1.807) is 0 Å². The molecule has 48 valence electrons. The third-order valence-corrected chi connectivity index (χ3v) is 1.17. The van der Waals surface area contributed by atoms with Gasteiger partial charge in [0.15, 0.2) is 0 Å². The van der Waals surface area contributed by atoms with E-state index >= 15 is 0 Å². The lowest BCUT2D eigenvalue weighted by Gasteiger charge is -2.04. The number of alkyl halides is 2. The molecule has 0 aromatic heterocycles. The summed E-state index contributed by atoms with van der Waals surface area (Å²) in [7, 11) is 0. The third kappa shape index (κ3) is 6.70. The molecule has 0 aromatic rings. The summed E-state index contributed by atoms with van der Waals surface area (Å²) in [4.78, 5) is 0.